The Kier molecular flexibility index (Phi) is 4.84. The standard InChI is InChI=1S/C22H20F3NO3/c23-22(24,25)16-6-7-17-18(27)14-21(29-19(17)13-16)8-10-26(11-9-21)20(28)12-15-4-2-1-3-5-15/h1-7,13H,8-12,14H2. The second kappa shape index (κ2) is 7.21. The van der Waals surface area contributed by atoms with Gasteiger partial charge in [0, 0.05) is 25.9 Å². The number of benzene rings is 2. The van der Waals surface area contributed by atoms with Gasteiger partial charge in [-0.05, 0) is 23.8 Å². The highest BCUT2D eigenvalue weighted by Gasteiger charge is 2.44. The second-order valence-corrected chi connectivity index (χ2v) is 7.64. The summed E-state index contributed by atoms with van der Waals surface area (Å²) in [6.07, 6.45) is -3.26. The van der Waals surface area contributed by atoms with E-state index in [4.69, 9.17) is 4.74 Å². The lowest BCUT2D eigenvalue weighted by atomic mass is 9.82. The van der Waals surface area contributed by atoms with Crippen LogP contribution in [0.3, 0.4) is 0 Å². The maximum atomic E-state index is 13.0. The molecule has 0 N–H and O–H groups in total. The van der Waals surface area contributed by atoms with E-state index in [1.165, 1.54) is 6.07 Å². The van der Waals surface area contributed by atoms with Crippen molar-refractivity contribution in [3.8, 4) is 5.75 Å². The van der Waals surface area contributed by atoms with Gasteiger partial charge in [-0.1, -0.05) is 30.3 Å². The van der Waals surface area contributed by atoms with E-state index in [1.807, 2.05) is 30.3 Å². The van der Waals surface area contributed by atoms with E-state index in [9.17, 15) is 22.8 Å². The molecule has 1 spiro atoms. The molecule has 1 saturated heterocycles. The molecule has 4 rings (SSSR count). The Morgan fingerprint density at radius 1 is 1.07 bits per heavy atom. The highest BCUT2D eigenvalue weighted by molar-refractivity contribution is 6.00. The molecule has 2 aromatic rings. The first-order valence-corrected chi connectivity index (χ1v) is 9.51. The van der Waals surface area contributed by atoms with E-state index in [1.54, 1.807) is 4.90 Å². The lowest BCUT2D eigenvalue weighted by Crippen LogP contribution is -2.52. The Balaban J connectivity index is 1.46. The largest absolute Gasteiger partial charge is 0.486 e. The average Bonchev–Trinajstić information content (AvgIpc) is 2.68. The van der Waals surface area contributed by atoms with Crippen LogP contribution in [-0.4, -0.2) is 35.3 Å². The van der Waals surface area contributed by atoms with Crippen LogP contribution in [0.15, 0.2) is 48.5 Å². The SMILES string of the molecule is O=C1CC2(CCN(C(=O)Cc3ccccc3)CC2)Oc2cc(C(F)(F)F)ccc21. The van der Waals surface area contributed by atoms with E-state index in [-0.39, 0.29) is 29.4 Å². The first kappa shape index (κ1) is 19.5. The minimum absolute atomic E-state index is 0.00653. The third-order valence-electron chi connectivity index (χ3n) is 5.64. The molecular formula is C22H20F3NO3. The van der Waals surface area contributed by atoms with Gasteiger partial charge in [0.15, 0.2) is 5.78 Å². The van der Waals surface area contributed by atoms with Gasteiger partial charge in [0.05, 0.1) is 24.0 Å². The van der Waals surface area contributed by atoms with E-state index >= 15 is 0 Å². The van der Waals surface area contributed by atoms with Crippen molar-refractivity contribution in [2.75, 3.05) is 13.1 Å². The number of ether oxygens (including phenoxy) is 1. The van der Waals surface area contributed by atoms with Gasteiger partial charge in [0.1, 0.15) is 11.4 Å². The Labute approximate surface area is 166 Å². The minimum atomic E-state index is -4.50. The molecule has 7 heteroatoms. The number of alkyl halides is 3. The van der Waals surface area contributed by atoms with Crippen LogP contribution in [0.1, 0.15) is 40.7 Å². The Morgan fingerprint density at radius 3 is 2.41 bits per heavy atom. The number of piperidine rings is 1. The van der Waals surface area contributed by atoms with E-state index in [0.29, 0.717) is 32.4 Å². The molecule has 4 nitrogen and oxygen atoms in total. The summed E-state index contributed by atoms with van der Waals surface area (Å²) in [7, 11) is 0. The van der Waals surface area contributed by atoms with Crippen molar-refractivity contribution in [1.82, 2.24) is 4.90 Å². The van der Waals surface area contributed by atoms with Gasteiger partial charge in [0.25, 0.3) is 0 Å². The summed E-state index contributed by atoms with van der Waals surface area (Å²) >= 11 is 0. The van der Waals surface area contributed by atoms with Crippen LogP contribution in [0.25, 0.3) is 0 Å². The van der Waals surface area contributed by atoms with Gasteiger partial charge in [-0.15, -0.1) is 0 Å². The Hall–Kier alpha value is -2.83. The number of carbonyl (C=O) groups excluding carboxylic acids is 2. The maximum Gasteiger partial charge on any atom is 0.416 e. The number of ketones is 1. The molecule has 29 heavy (non-hydrogen) atoms. The summed E-state index contributed by atoms with van der Waals surface area (Å²) in [6.45, 7) is 0.820. The number of carbonyl (C=O) groups is 2. The third kappa shape index (κ3) is 3.99. The molecule has 0 bridgehead atoms. The molecule has 2 aromatic carbocycles. The van der Waals surface area contributed by atoms with E-state index in [0.717, 1.165) is 17.7 Å². The monoisotopic (exact) mass is 403 g/mol. The predicted octanol–water partition coefficient (Wildman–Crippen LogP) is 4.27. The summed E-state index contributed by atoms with van der Waals surface area (Å²) in [5.41, 5.74) is -0.573. The van der Waals surface area contributed by atoms with Crippen LogP contribution < -0.4 is 4.74 Å². The molecule has 2 aliphatic heterocycles. The number of nitrogens with zero attached hydrogens (tertiary/aromatic N) is 1. The quantitative estimate of drug-likeness (QED) is 0.752. The highest BCUT2D eigenvalue weighted by Crippen LogP contribution is 2.42. The van der Waals surface area contributed by atoms with Gasteiger partial charge in [-0.25, -0.2) is 0 Å². The first-order chi connectivity index (χ1) is 13.8. The molecule has 0 aromatic heterocycles. The van der Waals surface area contributed by atoms with Crippen LogP contribution in [-0.2, 0) is 17.4 Å². The fourth-order valence-corrected chi connectivity index (χ4v) is 4.00. The Bertz CT molecular complexity index is 932. The van der Waals surface area contributed by atoms with Crippen LogP contribution in [0.4, 0.5) is 13.2 Å². The number of rotatable bonds is 2. The van der Waals surface area contributed by atoms with Crippen molar-refractivity contribution in [3.63, 3.8) is 0 Å². The molecule has 1 amide bonds. The zero-order chi connectivity index (χ0) is 20.6. The summed E-state index contributed by atoms with van der Waals surface area (Å²) in [6, 6.07) is 12.4. The third-order valence-corrected chi connectivity index (χ3v) is 5.64. The molecule has 0 atom stereocenters. The van der Waals surface area contributed by atoms with Crippen LogP contribution in [0.5, 0.6) is 5.75 Å². The van der Waals surface area contributed by atoms with Crippen LogP contribution >= 0.6 is 0 Å². The number of hydrogen-bond acceptors (Lipinski definition) is 3. The van der Waals surface area contributed by atoms with Crippen molar-refractivity contribution in [2.45, 2.75) is 37.5 Å². The van der Waals surface area contributed by atoms with E-state index < -0.39 is 17.3 Å². The van der Waals surface area contributed by atoms with Crippen molar-refractivity contribution < 1.29 is 27.5 Å². The number of Topliss-reactive ketones (excluding diaryl/α,β-unsaturated/α-hetero) is 1. The molecule has 2 heterocycles. The predicted molar refractivity (Wildman–Crippen MR) is 99.7 cm³/mol. The van der Waals surface area contributed by atoms with Crippen molar-refractivity contribution in [3.05, 3.63) is 65.2 Å². The van der Waals surface area contributed by atoms with Crippen LogP contribution in [0.2, 0.25) is 0 Å². The van der Waals surface area contributed by atoms with Crippen molar-refractivity contribution in [2.24, 2.45) is 0 Å². The van der Waals surface area contributed by atoms with Gasteiger partial charge in [-0.2, -0.15) is 13.2 Å². The van der Waals surface area contributed by atoms with Gasteiger partial charge >= 0.3 is 6.18 Å². The minimum Gasteiger partial charge on any atom is -0.486 e. The normalized spacial score (nSPS) is 18.3. The molecule has 0 unspecified atom stereocenters. The van der Waals surface area contributed by atoms with Crippen LogP contribution in [0, 0.1) is 0 Å². The molecule has 0 saturated carbocycles. The molecule has 152 valence electrons. The van der Waals surface area contributed by atoms with Gasteiger partial charge < -0.3 is 9.64 Å². The number of fused-ring (bicyclic) bond motifs is 1. The fourth-order valence-electron chi connectivity index (χ4n) is 4.00. The summed E-state index contributed by atoms with van der Waals surface area (Å²) in [4.78, 5) is 26.8. The highest BCUT2D eigenvalue weighted by atomic mass is 19.4. The maximum absolute atomic E-state index is 13.0. The number of hydrogen-bond donors (Lipinski definition) is 0. The average molecular weight is 403 g/mol. The van der Waals surface area contributed by atoms with Crippen molar-refractivity contribution in [1.29, 1.82) is 0 Å². The van der Waals surface area contributed by atoms with Gasteiger partial charge in [-0.3, -0.25) is 9.59 Å². The number of amides is 1. The van der Waals surface area contributed by atoms with Crippen molar-refractivity contribution >= 4 is 11.7 Å². The summed E-state index contributed by atoms with van der Waals surface area (Å²) < 4.78 is 45.0. The second-order valence-electron chi connectivity index (χ2n) is 7.64. The van der Waals surface area contributed by atoms with E-state index in [2.05, 4.69) is 0 Å². The summed E-state index contributed by atoms with van der Waals surface area (Å²) in [5.74, 6) is -0.239. The Morgan fingerprint density at radius 2 is 1.76 bits per heavy atom. The molecule has 1 fully saturated rings. The first-order valence-electron chi connectivity index (χ1n) is 9.51. The zero-order valence-corrected chi connectivity index (χ0v) is 15.7. The number of halogens is 3. The van der Waals surface area contributed by atoms with Gasteiger partial charge in [0.2, 0.25) is 5.91 Å². The zero-order valence-electron chi connectivity index (χ0n) is 15.7. The molecule has 2 aliphatic rings. The fraction of sp³-hybridized carbons (Fsp3) is 0.364. The smallest absolute Gasteiger partial charge is 0.416 e. The molecule has 0 radical (unpaired) electrons. The summed E-state index contributed by atoms with van der Waals surface area (Å²) in [5, 5.41) is 0. The lowest BCUT2D eigenvalue weighted by molar-refractivity contribution is -0.138. The lowest BCUT2D eigenvalue weighted by Gasteiger charge is -2.44. The number of likely N-dealkylation sites (tertiary alicyclic amines) is 1. The topological polar surface area (TPSA) is 46.6 Å². The molecule has 0 aliphatic carbocycles. The molecular weight excluding hydrogens is 383 g/mol.